The number of nitriles is 1. The van der Waals surface area contributed by atoms with Crippen LogP contribution in [0.1, 0.15) is 24.5 Å². The van der Waals surface area contributed by atoms with Crippen molar-refractivity contribution in [2.24, 2.45) is 0 Å². The zero-order valence-corrected chi connectivity index (χ0v) is 14.4. The first kappa shape index (κ1) is 18.0. The van der Waals surface area contributed by atoms with Gasteiger partial charge < -0.3 is 5.32 Å². The molecule has 0 bridgehead atoms. The van der Waals surface area contributed by atoms with Gasteiger partial charge in [-0.05, 0) is 36.7 Å². The van der Waals surface area contributed by atoms with Crippen molar-refractivity contribution in [3.8, 4) is 6.07 Å². The second-order valence-corrected chi connectivity index (χ2v) is 5.96. The number of benzene rings is 2. The van der Waals surface area contributed by atoms with Crippen LogP contribution in [0.15, 0.2) is 48.5 Å². The summed E-state index contributed by atoms with van der Waals surface area (Å²) in [6, 6.07) is 17.0. The molecular weight excluding hydrogens is 322 g/mol. The first-order valence-corrected chi connectivity index (χ1v) is 8.26. The van der Waals surface area contributed by atoms with E-state index in [-0.39, 0.29) is 5.91 Å². The molecule has 4 nitrogen and oxygen atoms in total. The van der Waals surface area contributed by atoms with Crippen molar-refractivity contribution in [3.05, 3.63) is 64.7 Å². The Bertz CT molecular complexity index is 725. The predicted molar refractivity (Wildman–Crippen MR) is 96.8 cm³/mol. The van der Waals surface area contributed by atoms with Crippen LogP contribution in [0.25, 0.3) is 0 Å². The van der Waals surface area contributed by atoms with Crippen LogP contribution in [0.2, 0.25) is 5.02 Å². The molecule has 0 spiro atoms. The molecule has 5 heteroatoms. The van der Waals surface area contributed by atoms with Gasteiger partial charge in [0.1, 0.15) is 6.07 Å². The van der Waals surface area contributed by atoms with E-state index in [0.717, 1.165) is 19.5 Å². The van der Waals surface area contributed by atoms with E-state index in [1.807, 2.05) is 24.3 Å². The van der Waals surface area contributed by atoms with Gasteiger partial charge in [-0.2, -0.15) is 5.26 Å². The van der Waals surface area contributed by atoms with E-state index in [1.165, 1.54) is 5.56 Å². The Morgan fingerprint density at radius 1 is 1.25 bits per heavy atom. The number of hydrogen-bond donors (Lipinski definition) is 1. The summed E-state index contributed by atoms with van der Waals surface area (Å²) in [4.78, 5) is 14.4. The zero-order valence-electron chi connectivity index (χ0n) is 13.6. The minimum atomic E-state index is -0.0971. The van der Waals surface area contributed by atoms with Crippen molar-refractivity contribution >= 4 is 23.2 Å². The Labute approximate surface area is 147 Å². The van der Waals surface area contributed by atoms with E-state index < -0.39 is 0 Å². The Morgan fingerprint density at radius 2 is 2.00 bits per heavy atom. The highest BCUT2D eigenvalue weighted by Gasteiger charge is 2.11. The van der Waals surface area contributed by atoms with E-state index in [0.29, 0.717) is 22.8 Å². The normalized spacial score (nSPS) is 10.4. The number of amides is 1. The smallest absolute Gasteiger partial charge is 0.238 e. The maximum absolute atomic E-state index is 12.3. The molecule has 2 aromatic carbocycles. The molecule has 2 rings (SSSR count). The second-order valence-electron chi connectivity index (χ2n) is 5.55. The van der Waals surface area contributed by atoms with Gasteiger partial charge >= 0.3 is 0 Å². The molecular formula is C19H20ClN3O. The van der Waals surface area contributed by atoms with Gasteiger partial charge in [-0.3, -0.25) is 9.69 Å². The lowest BCUT2D eigenvalue weighted by atomic mass is 10.2. The number of rotatable bonds is 7. The largest absolute Gasteiger partial charge is 0.325 e. The Kier molecular flexibility index (Phi) is 6.80. The number of hydrogen-bond acceptors (Lipinski definition) is 3. The molecule has 124 valence electrons. The molecule has 2 aromatic rings. The molecule has 0 aromatic heterocycles. The first-order valence-electron chi connectivity index (χ1n) is 7.88. The Hall–Kier alpha value is -2.35. The summed E-state index contributed by atoms with van der Waals surface area (Å²) in [5.41, 5.74) is 2.17. The third kappa shape index (κ3) is 5.38. The van der Waals surface area contributed by atoms with Crippen molar-refractivity contribution < 1.29 is 4.79 Å². The SMILES string of the molecule is CCCN(CC(=O)Nc1ccc(C#N)c(Cl)c1)Cc1ccccc1. The van der Waals surface area contributed by atoms with Gasteiger partial charge in [-0.25, -0.2) is 0 Å². The van der Waals surface area contributed by atoms with Gasteiger partial charge in [0.05, 0.1) is 17.1 Å². The van der Waals surface area contributed by atoms with Crippen LogP contribution in [-0.2, 0) is 11.3 Å². The molecule has 1 amide bonds. The second kappa shape index (κ2) is 9.07. The van der Waals surface area contributed by atoms with Crippen LogP contribution < -0.4 is 5.32 Å². The van der Waals surface area contributed by atoms with Gasteiger partial charge in [0.2, 0.25) is 5.91 Å². The number of nitrogens with one attached hydrogen (secondary N) is 1. The average molecular weight is 342 g/mol. The summed E-state index contributed by atoms with van der Waals surface area (Å²) < 4.78 is 0. The van der Waals surface area contributed by atoms with Crippen LogP contribution in [0.5, 0.6) is 0 Å². The zero-order chi connectivity index (χ0) is 17.4. The number of carbonyl (C=O) groups excluding carboxylic acids is 1. The third-order valence-electron chi connectivity index (χ3n) is 3.53. The Balaban J connectivity index is 1.97. The lowest BCUT2D eigenvalue weighted by Gasteiger charge is -2.21. The molecule has 0 aliphatic carbocycles. The highest BCUT2D eigenvalue weighted by molar-refractivity contribution is 6.32. The van der Waals surface area contributed by atoms with Crippen molar-refractivity contribution in [1.82, 2.24) is 4.90 Å². The summed E-state index contributed by atoms with van der Waals surface area (Å²) >= 11 is 5.99. The fourth-order valence-electron chi connectivity index (χ4n) is 2.46. The van der Waals surface area contributed by atoms with Crippen LogP contribution in [0.3, 0.4) is 0 Å². The molecule has 0 aliphatic rings. The van der Waals surface area contributed by atoms with Gasteiger partial charge in [-0.1, -0.05) is 48.9 Å². The molecule has 1 N–H and O–H groups in total. The maximum Gasteiger partial charge on any atom is 0.238 e. The molecule has 0 fully saturated rings. The summed E-state index contributed by atoms with van der Waals surface area (Å²) in [7, 11) is 0. The van der Waals surface area contributed by atoms with Crippen LogP contribution >= 0.6 is 11.6 Å². The highest BCUT2D eigenvalue weighted by atomic mass is 35.5. The number of halogens is 1. The molecule has 0 aliphatic heterocycles. The van der Waals surface area contributed by atoms with Gasteiger partial charge in [0, 0.05) is 12.2 Å². The quantitative estimate of drug-likeness (QED) is 0.826. The van der Waals surface area contributed by atoms with Crippen molar-refractivity contribution in [1.29, 1.82) is 5.26 Å². The lowest BCUT2D eigenvalue weighted by Crippen LogP contribution is -2.33. The van der Waals surface area contributed by atoms with Crippen LogP contribution in [-0.4, -0.2) is 23.9 Å². The monoisotopic (exact) mass is 341 g/mol. The predicted octanol–water partition coefficient (Wildman–Crippen LogP) is 4.06. The van der Waals surface area contributed by atoms with E-state index in [2.05, 4.69) is 29.3 Å². The fraction of sp³-hybridized carbons (Fsp3) is 0.263. The minimum absolute atomic E-state index is 0.0971. The molecule has 0 saturated carbocycles. The van der Waals surface area contributed by atoms with Gasteiger partial charge in [0.25, 0.3) is 0 Å². The van der Waals surface area contributed by atoms with Crippen molar-refractivity contribution in [2.75, 3.05) is 18.4 Å². The summed E-state index contributed by atoms with van der Waals surface area (Å²) in [6.45, 7) is 3.98. The minimum Gasteiger partial charge on any atom is -0.325 e. The van der Waals surface area contributed by atoms with Crippen LogP contribution in [0.4, 0.5) is 5.69 Å². The summed E-state index contributed by atoms with van der Waals surface area (Å²) in [5, 5.41) is 12.1. The molecule has 0 radical (unpaired) electrons. The van der Waals surface area contributed by atoms with Gasteiger partial charge in [-0.15, -0.1) is 0 Å². The van der Waals surface area contributed by atoms with Crippen molar-refractivity contribution in [2.45, 2.75) is 19.9 Å². The highest BCUT2D eigenvalue weighted by Crippen LogP contribution is 2.20. The fourth-order valence-corrected chi connectivity index (χ4v) is 2.68. The van der Waals surface area contributed by atoms with Crippen LogP contribution in [0, 0.1) is 11.3 Å². The van der Waals surface area contributed by atoms with E-state index in [1.54, 1.807) is 18.2 Å². The van der Waals surface area contributed by atoms with Crippen molar-refractivity contribution in [3.63, 3.8) is 0 Å². The summed E-state index contributed by atoms with van der Waals surface area (Å²) in [6.07, 6.45) is 0.975. The van der Waals surface area contributed by atoms with E-state index in [9.17, 15) is 4.79 Å². The number of carbonyl (C=O) groups is 1. The topological polar surface area (TPSA) is 56.1 Å². The van der Waals surface area contributed by atoms with Gasteiger partial charge in [0.15, 0.2) is 0 Å². The molecule has 0 atom stereocenters. The average Bonchev–Trinajstić information content (AvgIpc) is 2.56. The molecule has 0 unspecified atom stereocenters. The number of anilines is 1. The first-order chi connectivity index (χ1) is 11.6. The third-order valence-corrected chi connectivity index (χ3v) is 3.84. The van der Waals surface area contributed by atoms with E-state index in [4.69, 9.17) is 16.9 Å². The maximum atomic E-state index is 12.3. The summed E-state index contributed by atoms with van der Waals surface area (Å²) in [5.74, 6) is -0.0971. The Morgan fingerprint density at radius 3 is 2.62 bits per heavy atom. The number of nitrogens with zero attached hydrogens (tertiary/aromatic N) is 2. The standard InChI is InChI=1S/C19H20ClN3O/c1-2-10-23(13-15-6-4-3-5-7-15)14-19(24)22-17-9-8-16(12-21)18(20)11-17/h3-9,11H,2,10,13-14H2,1H3,(H,22,24). The lowest BCUT2D eigenvalue weighted by molar-refractivity contribution is -0.117. The molecule has 0 heterocycles. The molecule has 24 heavy (non-hydrogen) atoms. The van der Waals surface area contributed by atoms with E-state index >= 15 is 0 Å². The molecule has 0 saturated heterocycles.